The standard InChI is InChI=1S/C21H21FN4O3S/c1-29-16-8-4-14(5-9-16)18-13-24-21(23)25-20(18)19-3-2-12-26(19)30(27,28)17-10-6-15(22)7-11-17/h4-11,13,19H,2-3,12H2,1H3,(H2,23,24,25)/t19-/m1/s1. The Balaban J connectivity index is 1.77. The van der Waals surface area contributed by atoms with Gasteiger partial charge in [0.05, 0.1) is 23.7 Å². The summed E-state index contributed by atoms with van der Waals surface area (Å²) in [5.74, 6) is 0.295. The molecule has 0 amide bonds. The molecule has 1 aromatic heterocycles. The van der Waals surface area contributed by atoms with Crippen LogP contribution in [0.15, 0.2) is 59.6 Å². The molecular formula is C21H21FN4O3S. The lowest BCUT2D eigenvalue weighted by molar-refractivity contribution is 0.391. The van der Waals surface area contributed by atoms with Crippen molar-refractivity contribution in [3.8, 4) is 16.9 Å². The van der Waals surface area contributed by atoms with Crippen LogP contribution in [0.4, 0.5) is 10.3 Å². The topological polar surface area (TPSA) is 98.4 Å². The fourth-order valence-corrected chi connectivity index (χ4v) is 5.36. The van der Waals surface area contributed by atoms with Crippen molar-refractivity contribution < 1.29 is 17.5 Å². The number of benzene rings is 2. The molecule has 1 aliphatic heterocycles. The highest BCUT2D eigenvalue weighted by Crippen LogP contribution is 2.40. The van der Waals surface area contributed by atoms with Crippen LogP contribution in [0.2, 0.25) is 0 Å². The maximum atomic E-state index is 13.3. The fraction of sp³-hybridized carbons (Fsp3) is 0.238. The van der Waals surface area contributed by atoms with Gasteiger partial charge in [0.1, 0.15) is 11.6 Å². The number of nitrogens with two attached hydrogens (primary N) is 1. The van der Waals surface area contributed by atoms with Gasteiger partial charge in [-0.15, -0.1) is 0 Å². The summed E-state index contributed by atoms with van der Waals surface area (Å²) in [4.78, 5) is 8.57. The molecule has 0 radical (unpaired) electrons. The van der Waals surface area contributed by atoms with Crippen molar-refractivity contribution in [3.63, 3.8) is 0 Å². The summed E-state index contributed by atoms with van der Waals surface area (Å²) in [5.41, 5.74) is 7.94. The second-order valence-electron chi connectivity index (χ2n) is 6.98. The highest BCUT2D eigenvalue weighted by atomic mass is 32.2. The molecular weight excluding hydrogens is 407 g/mol. The van der Waals surface area contributed by atoms with E-state index in [-0.39, 0.29) is 10.8 Å². The Hall–Kier alpha value is -3.04. The van der Waals surface area contributed by atoms with Gasteiger partial charge in [-0.3, -0.25) is 0 Å². The van der Waals surface area contributed by atoms with E-state index in [2.05, 4.69) is 9.97 Å². The molecule has 0 spiro atoms. The quantitative estimate of drug-likeness (QED) is 0.669. The van der Waals surface area contributed by atoms with Gasteiger partial charge >= 0.3 is 0 Å². The minimum Gasteiger partial charge on any atom is -0.497 e. The predicted molar refractivity (Wildman–Crippen MR) is 111 cm³/mol. The summed E-state index contributed by atoms with van der Waals surface area (Å²) in [6, 6.07) is 11.7. The van der Waals surface area contributed by atoms with Gasteiger partial charge in [-0.25, -0.2) is 22.8 Å². The predicted octanol–water partition coefficient (Wildman–Crippen LogP) is 3.40. The van der Waals surface area contributed by atoms with Crippen molar-refractivity contribution in [2.75, 3.05) is 19.4 Å². The van der Waals surface area contributed by atoms with Crippen LogP contribution in [0.1, 0.15) is 24.6 Å². The Labute approximate surface area is 174 Å². The van der Waals surface area contributed by atoms with E-state index in [1.165, 1.54) is 16.4 Å². The van der Waals surface area contributed by atoms with Crippen LogP contribution in [0.5, 0.6) is 5.75 Å². The number of hydrogen-bond donors (Lipinski definition) is 1. The Morgan fingerprint density at radius 2 is 1.83 bits per heavy atom. The van der Waals surface area contributed by atoms with Crippen molar-refractivity contribution in [2.24, 2.45) is 0 Å². The summed E-state index contributed by atoms with van der Waals surface area (Å²) in [5, 5.41) is 0. The zero-order valence-electron chi connectivity index (χ0n) is 16.3. The van der Waals surface area contributed by atoms with Crippen LogP contribution in [-0.2, 0) is 10.0 Å². The van der Waals surface area contributed by atoms with Gasteiger partial charge in [-0.2, -0.15) is 4.31 Å². The Morgan fingerprint density at radius 3 is 2.50 bits per heavy atom. The molecule has 0 aliphatic carbocycles. The monoisotopic (exact) mass is 428 g/mol. The summed E-state index contributed by atoms with van der Waals surface area (Å²) >= 11 is 0. The van der Waals surface area contributed by atoms with E-state index in [9.17, 15) is 12.8 Å². The number of rotatable bonds is 5. The fourth-order valence-electron chi connectivity index (χ4n) is 3.70. The summed E-state index contributed by atoms with van der Waals surface area (Å²) in [6.45, 7) is 0.344. The van der Waals surface area contributed by atoms with E-state index in [1.54, 1.807) is 13.3 Å². The number of anilines is 1. The number of halogens is 1. The lowest BCUT2D eigenvalue weighted by atomic mass is 10.0. The molecule has 2 heterocycles. The van der Waals surface area contributed by atoms with E-state index in [4.69, 9.17) is 10.5 Å². The molecule has 0 unspecified atom stereocenters. The first kappa shape index (κ1) is 20.2. The van der Waals surface area contributed by atoms with Crippen LogP contribution < -0.4 is 10.5 Å². The zero-order valence-corrected chi connectivity index (χ0v) is 17.1. The number of sulfonamides is 1. The maximum absolute atomic E-state index is 13.3. The first-order chi connectivity index (χ1) is 14.4. The molecule has 0 saturated carbocycles. The number of ether oxygens (including phenoxy) is 1. The summed E-state index contributed by atoms with van der Waals surface area (Å²) in [7, 11) is -2.24. The Morgan fingerprint density at radius 1 is 1.13 bits per heavy atom. The smallest absolute Gasteiger partial charge is 0.243 e. The molecule has 30 heavy (non-hydrogen) atoms. The SMILES string of the molecule is COc1ccc(-c2cnc(N)nc2[C@H]2CCCN2S(=O)(=O)c2ccc(F)cc2)cc1. The van der Waals surface area contributed by atoms with Gasteiger partial charge in [0, 0.05) is 18.3 Å². The molecule has 7 nitrogen and oxygen atoms in total. The van der Waals surface area contributed by atoms with Gasteiger partial charge < -0.3 is 10.5 Å². The van der Waals surface area contributed by atoms with E-state index in [0.717, 1.165) is 17.7 Å². The van der Waals surface area contributed by atoms with Crippen molar-refractivity contribution in [2.45, 2.75) is 23.8 Å². The van der Waals surface area contributed by atoms with E-state index >= 15 is 0 Å². The highest BCUT2D eigenvalue weighted by Gasteiger charge is 2.38. The number of methoxy groups -OCH3 is 1. The van der Waals surface area contributed by atoms with E-state index in [1.807, 2.05) is 24.3 Å². The minimum atomic E-state index is -3.83. The molecule has 0 bridgehead atoms. The number of nitrogens with zero attached hydrogens (tertiary/aromatic N) is 3. The second kappa shape index (κ2) is 8.00. The number of aromatic nitrogens is 2. The maximum Gasteiger partial charge on any atom is 0.243 e. The van der Waals surface area contributed by atoms with Gasteiger partial charge in [-0.1, -0.05) is 12.1 Å². The molecule has 4 rings (SSSR count). The van der Waals surface area contributed by atoms with Crippen LogP contribution in [0.3, 0.4) is 0 Å². The average Bonchev–Trinajstić information content (AvgIpc) is 3.25. The van der Waals surface area contributed by atoms with Crippen LogP contribution in [0.25, 0.3) is 11.1 Å². The summed E-state index contributed by atoms with van der Waals surface area (Å²) in [6.07, 6.45) is 2.89. The average molecular weight is 428 g/mol. The molecule has 1 fully saturated rings. The molecule has 1 saturated heterocycles. The number of hydrogen-bond acceptors (Lipinski definition) is 6. The second-order valence-corrected chi connectivity index (χ2v) is 8.87. The van der Waals surface area contributed by atoms with Crippen molar-refractivity contribution in [1.82, 2.24) is 14.3 Å². The number of nitrogen functional groups attached to an aromatic ring is 1. The van der Waals surface area contributed by atoms with Gasteiger partial charge in [0.15, 0.2) is 0 Å². The van der Waals surface area contributed by atoms with Crippen molar-refractivity contribution in [3.05, 3.63) is 66.2 Å². The van der Waals surface area contributed by atoms with E-state index in [0.29, 0.717) is 36.4 Å². The molecule has 1 atom stereocenters. The zero-order chi connectivity index (χ0) is 21.3. The molecule has 2 N–H and O–H groups in total. The third-order valence-electron chi connectivity index (χ3n) is 5.18. The summed E-state index contributed by atoms with van der Waals surface area (Å²) < 4.78 is 46.4. The minimum absolute atomic E-state index is 0.0452. The molecule has 3 aromatic rings. The van der Waals surface area contributed by atoms with Gasteiger partial charge in [0.2, 0.25) is 16.0 Å². The molecule has 1 aliphatic rings. The lowest BCUT2D eigenvalue weighted by Crippen LogP contribution is -2.31. The van der Waals surface area contributed by atoms with E-state index < -0.39 is 21.9 Å². The van der Waals surface area contributed by atoms with Crippen LogP contribution >= 0.6 is 0 Å². The van der Waals surface area contributed by atoms with Gasteiger partial charge in [0.25, 0.3) is 0 Å². The first-order valence-corrected chi connectivity index (χ1v) is 10.9. The van der Waals surface area contributed by atoms with Crippen molar-refractivity contribution in [1.29, 1.82) is 0 Å². The largest absolute Gasteiger partial charge is 0.497 e. The van der Waals surface area contributed by atoms with Crippen molar-refractivity contribution >= 4 is 16.0 Å². The molecule has 156 valence electrons. The normalized spacial score (nSPS) is 17.2. The lowest BCUT2D eigenvalue weighted by Gasteiger charge is -2.25. The molecule has 2 aromatic carbocycles. The van der Waals surface area contributed by atoms with Gasteiger partial charge in [-0.05, 0) is 54.8 Å². The third-order valence-corrected chi connectivity index (χ3v) is 7.10. The highest BCUT2D eigenvalue weighted by molar-refractivity contribution is 7.89. The molecule has 9 heteroatoms. The third kappa shape index (κ3) is 3.73. The Bertz CT molecular complexity index is 1150. The van der Waals surface area contributed by atoms with Crippen LogP contribution in [0, 0.1) is 5.82 Å². The first-order valence-electron chi connectivity index (χ1n) is 9.44. The Kier molecular flexibility index (Phi) is 5.40. The van der Waals surface area contributed by atoms with Crippen LogP contribution in [-0.4, -0.2) is 36.3 Å².